The van der Waals surface area contributed by atoms with Gasteiger partial charge in [-0.2, -0.15) is 5.26 Å². The fourth-order valence-corrected chi connectivity index (χ4v) is 4.86. The number of hydrogen-bond donors (Lipinski definition) is 1. The average Bonchev–Trinajstić information content (AvgIpc) is 2.83. The van der Waals surface area contributed by atoms with Crippen LogP contribution in [0.25, 0.3) is 0 Å². The number of aryl methyl sites for hydroxylation is 1. The molecule has 0 bridgehead atoms. The number of ketones is 1. The molecule has 1 aromatic heterocycles. The zero-order valence-electron chi connectivity index (χ0n) is 18.7. The van der Waals surface area contributed by atoms with E-state index in [4.69, 9.17) is 0 Å². The largest absolute Gasteiger partial charge is 0.310 e. The van der Waals surface area contributed by atoms with E-state index in [0.717, 1.165) is 16.9 Å². The normalized spacial score (nSPS) is 17.2. The minimum Gasteiger partial charge on any atom is -0.310 e. The monoisotopic (exact) mass is 455 g/mol. The number of nitriles is 1. The zero-order valence-corrected chi connectivity index (χ0v) is 19.5. The first-order valence-electron chi connectivity index (χ1n) is 11.0. The average molecular weight is 456 g/mol. The molecule has 0 spiro atoms. The van der Waals surface area contributed by atoms with Crippen LogP contribution in [0.4, 0.5) is 5.82 Å². The van der Waals surface area contributed by atoms with Crippen LogP contribution in [0, 0.1) is 11.3 Å². The number of nitrogens with one attached hydrogen (secondary N) is 1. The molecule has 0 radical (unpaired) electrons. The molecule has 6 heteroatoms. The number of amides is 1. The van der Waals surface area contributed by atoms with Crippen LogP contribution < -0.4 is 5.32 Å². The highest BCUT2D eigenvalue weighted by Gasteiger charge is 2.40. The molecule has 1 unspecified atom stereocenters. The van der Waals surface area contributed by atoms with Crippen molar-refractivity contribution in [1.29, 1.82) is 5.26 Å². The van der Waals surface area contributed by atoms with Crippen LogP contribution in [0.15, 0.2) is 65.6 Å². The molecular formula is C27H25N3O2S. The molecule has 4 rings (SSSR count). The molecule has 1 aliphatic rings. The first kappa shape index (κ1) is 22.8. The molecule has 33 heavy (non-hydrogen) atoms. The molecule has 0 saturated carbocycles. The highest BCUT2D eigenvalue weighted by molar-refractivity contribution is 7.99. The summed E-state index contributed by atoms with van der Waals surface area (Å²) in [6, 6.07) is 20.8. The number of carbonyl (C=O) groups excluding carboxylic acids is 2. The van der Waals surface area contributed by atoms with Crippen molar-refractivity contribution in [3.63, 3.8) is 0 Å². The van der Waals surface area contributed by atoms with E-state index in [1.807, 2.05) is 43.3 Å². The number of benzene rings is 2. The van der Waals surface area contributed by atoms with E-state index in [2.05, 4.69) is 23.3 Å². The number of aromatic nitrogens is 1. The summed E-state index contributed by atoms with van der Waals surface area (Å²) >= 11 is 1.77. The van der Waals surface area contributed by atoms with E-state index in [1.165, 1.54) is 4.90 Å². The number of carbonyl (C=O) groups is 2. The van der Waals surface area contributed by atoms with E-state index in [9.17, 15) is 14.9 Å². The fourth-order valence-electron chi connectivity index (χ4n) is 4.20. The lowest BCUT2D eigenvalue weighted by Gasteiger charge is -2.33. The van der Waals surface area contributed by atoms with Gasteiger partial charge >= 0.3 is 0 Å². The summed E-state index contributed by atoms with van der Waals surface area (Å²) in [5, 5.41) is 12.1. The van der Waals surface area contributed by atoms with Gasteiger partial charge in [0.1, 0.15) is 5.82 Å². The number of thioether (sulfide) groups is 1. The standard InChI is InChI=1S/C27H25N3O2S/c1-3-33-21-9-7-18(8-10-21)16-25(31)30-24-12-11-22-23(29-24)13-14-27(2,26(22)32)20-6-4-5-19(15-20)17-28/h4-12,15H,3,13-14,16H2,1-2H3,(H,29,30,31). The van der Waals surface area contributed by atoms with Gasteiger partial charge < -0.3 is 5.32 Å². The SMILES string of the molecule is CCSc1ccc(CC(=O)Nc2ccc3c(n2)CCC(C)(c2cccc(C#N)c2)C3=O)cc1. The molecule has 1 aliphatic carbocycles. The minimum absolute atomic E-state index is 0.00532. The third-order valence-electron chi connectivity index (χ3n) is 6.08. The van der Waals surface area contributed by atoms with Crippen molar-refractivity contribution in [2.24, 2.45) is 0 Å². The number of fused-ring (bicyclic) bond motifs is 1. The van der Waals surface area contributed by atoms with Crippen molar-refractivity contribution in [2.45, 2.75) is 43.4 Å². The molecule has 3 aromatic rings. The number of anilines is 1. The van der Waals surface area contributed by atoms with Crippen molar-refractivity contribution < 1.29 is 9.59 Å². The predicted molar refractivity (Wildman–Crippen MR) is 131 cm³/mol. The molecule has 2 aromatic carbocycles. The summed E-state index contributed by atoms with van der Waals surface area (Å²) in [6.45, 7) is 4.03. The van der Waals surface area contributed by atoms with Crippen molar-refractivity contribution >= 4 is 29.3 Å². The Kier molecular flexibility index (Phi) is 6.62. The van der Waals surface area contributed by atoms with Gasteiger partial charge in [0.15, 0.2) is 5.78 Å². The Hall–Kier alpha value is -3.43. The van der Waals surface area contributed by atoms with Gasteiger partial charge in [-0.3, -0.25) is 9.59 Å². The van der Waals surface area contributed by atoms with Crippen LogP contribution in [0.2, 0.25) is 0 Å². The van der Waals surface area contributed by atoms with Crippen LogP contribution in [0.1, 0.15) is 53.0 Å². The molecule has 5 nitrogen and oxygen atoms in total. The van der Waals surface area contributed by atoms with E-state index >= 15 is 0 Å². The number of rotatable bonds is 6. The van der Waals surface area contributed by atoms with Crippen molar-refractivity contribution in [3.05, 3.63) is 88.6 Å². The van der Waals surface area contributed by atoms with Gasteiger partial charge in [0.2, 0.25) is 5.91 Å². The van der Waals surface area contributed by atoms with Gasteiger partial charge in [0.25, 0.3) is 0 Å². The summed E-state index contributed by atoms with van der Waals surface area (Å²) in [5.74, 6) is 1.32. The highest BCUT2D eigenvalue weighted by Crippen LogP contribution is 2.38. The van der Waals surface area contributed by atoms with Gasteiger partial charge in [-0.1, -0.05) is 31.2 Å². The summed E-state index contributed by atoms with van der Waals surface area (Å²) in [6.07, 6.45) is 1.48. The molecule has 166 valence electrons. The fraction of sp³-hybridized carbons (Fsp3) is 0.259. The van der Waals surface area contributed by atoms with Crippen molar-refractivity contribution in [1.82, 2.24) is 4.98 Å². The molecule has 1 amide bonds. The third-order valence-corrected chi connectivity index (χ3v) is 6.97. The third kappa shape index (κ3) is 4.84. The topological polar surface area (TPSA) is 82.8 Å². The molecular weight excluding hydrogens is 430 g/mol. The molecule has 1 heterocycles. The maximum Gasteiger partial charge on any atom is 0.229 e. The quantitative estimate of drug-likeness (QED) is 0.508. The van der Waals surface area contributed by atoms with Crippen LogP contribution in [0.5, 0.6) is 0 Å². The number of Topliss-reactive ketones (excluding diaryl/α,β-unsaturated/α-hetero) is 1. The highest BCUT2D eigenvalue weighted by atomic mass is 32.2. The zero-order chi connectivity index (χ0) is 23.4. The first-order valence-corrected chi connectivity index (χ1v) is 12.0. The number of pyridine rings is 1. The maximum atomic E-state index is 13.4. The van der Waals surface area contributed by atoms with Crippen LogP contribution >= 0.6 is 11.8 Å². The Balaban J connectivity index is 1.47. The van der Waals surface area contributed by atoms with Crippen molar-refractivity contribution in [3.8, 4) is 6.07 Å². The smallest absolute Gasteiger partial charge is 0.229 e. The predicted octanol–water partition coefficient (Wildman–Crippen LogP) is 5.33. The van der Waals surface area contributed by atoms with Crippen LogP contribution in [-0.2, 0) is 23.1 Å². The lowest BCUT2D eigenvalue weighted by atomic mass is 9.68. The lowest BCUT2D eigenvalue weighted by Crippen LogP contribution is -2.38. The summed E-state index contributed by atoms with van der Waals surface area (Å²) < 4.78 is 0. The van der Waals surface area contributed by atoms with Crippen molar-refractivity contribution in [2.75, 3.05) is 11.1 Å². The molecule has 1 atom stereocenters. The summed E-state index contributed by atoms with van der Waals surface area (Å²) in [5.41, 5.74) is 2.91. The van der Waals surface area contributed by atoms with Gasteiger partial charge in [-0.25, -0.2) is 4.98 Å². The van der Waals surface area contributed by atoms with E-state index in [0.29, 0.717) is 35.5 Å². The summed E-state index contributed by atoms with van der Waals surface area (Å²) in [7, 11) is 0. The van der Waals surface area contributed by atoms with Gasteiger partial charge in [0, 0.05) is 10.5 Å². The second kappa shape index (κ2) is 9.60. The van der Waals surface area contributed by atoms with E-state index < -0.39 is 5.41 Å². The number of nitrogens with zero attached hydrogens (tertiary/aromatic N) is 2. The Labute approximate surface area is 198 Å². The Bertz CT molecular complexity index is 1250. The molecule has 0 fully saturated rings. The van der Waals surface area contributed by atoms with E-state index in [-0.39, 0.29) is 18.1 Å². The van der Waals surface area contributed by atoms with Crippen LogP contribution in [-0.4, -0.2) is 22.4 Å². The second-order valence-corrected chi connectivity index (χ2v) is 9.68. The maximum absolute atomic E-state index is 13.4. The first-order chi connectivity index (χ1) is 15.9. The Morgan fingerprint density at radius 3 is 2.70 bits per heavy atom. The Morgan fingerprint density at radius 2 is 1.97 bits per heavy atom. The van der Waals surface area contributed by atoms with Gasteiger partial charge in [-0.05, 0) is 73.0 Å². The Morgan fingerprint density at radius 1 is 1.18 bits per heavy atom. The molecule has 1 N–H and O–H groups in total. The minimum atomic E-state index is -0.700. The molecule has 0 aliphatic heterocycles. The van der Waals surface area contributed by atoms with Gasteiger partial charge in [0.05, 0.1) is 29.2 Å². The van der Waals surface area contributed by atoms with Crippen LogP contribution in [0.3, 0.4) is 0 Å². The van der Waals surface area contributed by atoms with E-state index in [1.54, 1.807) is 36.0 Å². The van der Waals surface area contributed by atoms with Gasteiger partial charge in [-0.15, -0.1) is 11.8 Å². The lowest BCUT2D eigenvalue weighted by molar-refractivity contribution is -0.115. The molecule has 0 saturated heterocycles. The second-order valence-electron chi connectivity index (χ2n) is 8.35. The number of hydrogen-bond acceptors (Lipinski definition) is 5. The summed E-state index contributed by atoms with van der Waals surface area (Å²) in [4.78, 5) is 31.7.